The SMILES string of the molecule is Cc1cc(NC(=O)C2CCN(C(=O)C(C)C)CC2)n(-c2ccc(Cl)cc2)n1. The van der Waals surface area contributed by atoms with Gasteiger partial charge in [0, 0.05) is 36.0 Å². The van der Waals surface area contributed by atoms with Crippen LogP contribution in [0.3, 0.4) is 0 Å². The van der Waals surface area contributed by atoms with Crippen LogP contribution in [0.15, 0.2) is 30.3 Å². The zero-order valence-corrected chi connectivity index (χ0v) is 16.7. The molecular weight excluding hydrogens is 364 g/mol. The van der Waals surface area contributed by atoms with Crippen LogP contribution in [-0.2, 0) is 9.59 Å². The predicted octanol–water partition coefficient (Wildman–Crippen LogP) is 3.67. The first-order chi connectivity index (χ1) is 12.8. The molecule has 0 saturated carbocycles. The molecule has 3 rings (SSSR count). The van der Waals surface area contributed by atoms with E-state index in [4.69, 9.17) is 11.6 Å². The van der Waals surface area contributed by atoms with Crippen molar-refractivity contribution < 1.29 is 9.59 Å². The summed E-state index contributed by atoms with van der Waals surface area (Å²) in [7, 11) is 0. The van der Waals surface area contributed by atoms with E-state index in [1.807, 2.05) is 43.9 Å². The lowest BCUT2D eigenvalue weighted by Crippen LogP contribution is -2.43. The summed E-state index contributed by atoms with van der Waals surface area (Å²) < 4.78 is 1.71. The summed E-state index contributed by atoms with van der Waals surface area (Å²) in [5.41, 5.74) is 1.65. The minimum absolute atomic E-state index is 0.00733. The molecule has 0 atom stereocenters. The highest BCUT2D eigenvalue weighted by molar-refractivity contribution is 6.30. The van der Waals surface area contributed by atoms with Crippen LogP contribution in [0.5, 0.6) is 0 Å². The molecule has 0 radical (unpaired) electrons. The number of benzene rings is 1. The van der Waals surface area contributed by atoms with Crippen LogP contribution in [0.2, 0.25) is 5.02 Å². The van der Waals surface area contributed by atoms with Crippen molar-refractivity contribution in [1.82, 2.24) is 14.7 Å². The van der Waals surface area contributed by atoms with E-state index in [-0.39, 0.29) is 23.7 Å². The summed E-state index contributed by atoms with van der Waals surface area (Å²) in [4.78, 5) is 26.7. The molecule has 1 saturated heterocycles. The Labute approximate surface area is 164 Å². The van der Waals surface area contributed by atoms with Crippen LogP contribution in [0.1, 0.15) is 32.4 Å². The standard InChI is InChI=1S/C20H25ClN4O2/c1-13(2)20(27)24-10-8-15(9-11-24)19(26)22-18-12-14(3)23-25(18)17-6-4-16(21)5-7-17/h4-7,12-13,15H,8-11H2,1-3H3,(H,22,26). The van der Waals surface area contributed by atoms with Gasteiger partial charge in [0.15, 0.2) is 0 Å². The van der Waals surface area contributed by atoms with Crippen molar-refractivity contribution in [2.24, 2.45) is 11.8 Å². The molecular formula is C20H25ClN4O2. The van der Waals surface area contributed by atoms with Crippen LogP contribution in [0, 0.1) is 18.8 Å². The molecule has 2 heterocycles. The van der Waals surface area contributed by atoms with Crippen LogP contribution in [-0.4, -0.2) is 39.6 Å². The summed E-state index contributed by atoms with van der Waals surface area (Å²) in [6.07, 6.45) is 1.36. The number of aryl methyl sites for hydroxylation is 1. The smallest absolute Gasteiger partial charge is 0.228 e. The lowest BCUT2D eigenvalue weighted by Gasteiger charge is -2.32. The van der Waals surface area contributed by atoms with E-state index in [0.717, 1.165) is 11.4 Å². The minimum Gasteiger partial charge on any atom is -0.342 e. The summed E-state index contributed by atoms with van der Waals surface area (Å²) in [6.45, 7) is 6.95. The summed E-state index contributed by atoms with van der Waals surface area (Å²) in [5.74, 6) is 0.662. The molecule has 2 aromatic rings. The first-order valence-electron chi connectivity index (χ1n) is 9.27. The second-order valence-electron chi connectivity index (χ2n) is 7.30. The number of nitrogens with one attached hydrogen (secondary N) is 1. The molecule has 0 unspecified atom stereocenters. The molecule has 0 spiro atoms. The van der Waals surface area contributed by atoms with Gasteiger partial charge in [-0.25, -0.2) is 4.68 Å². The van der Waals surface area contributed by atoms with Crippen molar-refractivity contribution in [3.8, 4) is 5.69 Å². The fraction of sp³-hybridized carbons (Fsp3) is 0.450. The van der Waals surface area contributed by atoms with Crippen molar-refractivity contribution in [2.75, 3.05) is 18.4 Å². The Hall–Kier alpha value is -2.34. The monoisotopic (exact) mass is 388 g/mol. The predicted molar refractivity (Wildman–Crippen MR) is 106 cm³/mol. The number of carbonyl (C=O) groups excluding carboxylic acids is 2. The number of likely N-dealkylation sites (tertiary alicyclic amines) is 1. The van der Waals surface area contributed by atoms with Gasteiger partial charge in [0.1, 0.15) is 5.82 Å². The molecule has 0 aliphatic carbocycles. The van der Waals surface area contributed by atoms with E-state index >= 15 is 0 Å². The van der Waals surface area contributed by atoms with Crippen molar-refractivity contribution in [3.63, 3.8) is 0 Å². The van der Waals surface area contributed by atoms with Gasteiger partial charge in [-0.2, -0.15) is 5.10 Å². The first-order valence-corrected chi connectivity index (χ1v) is 9.65. The zero-order chi connectivity index (χ0) is 19.6. The highest BCUT2D eigenvalue weighted by Gasteiger charge is 2.28. The van der Waals surface area contributed by atoms with Crippen LogP contribution < -0.4 is 5.32 Å². The fourth-order valence-electron chi connectivity index (χ4n) is 3.32. The van der Waals surface area contributed by atoms with E-state index in [0.29, 0.717) is 36.8 Å². The molecule has 0 bridgehead atoms. The van der Waals surface area contributed by atoms with Crippen molar-refractivity contribution in [2.45, 2.75) is 33.6 Å². The van der Waals surface area contributed by atoms with Gasteiger partial charge in [-0.3, -0.25) is 9.59 Å². The van der Waals surface area contributed by atoms with Gasteiger partial charge in [0.05, 0.1) is 11.4 Å². The third-order valence-corrected chi connectivity index (χ3v) is 5.08. The summed E-state index contributed by atoms with van der Waals surface area (Å²) in [6, 6.07) is 9.16. The van der Waals surface area contributed by atoms with E-state index in [9.17, 15) is 9.59 Å². The largest absolute Gasteiger partial charge is 0.342 e. The molecule has 1 aromatic carbocycles. The number of anilines is 1. The minimum atomic E-state index is -0.102. The average molecular weight is 389 g/mol. The van der Waals surface area contributed by atoms with E-state index in [2.05, 4.69) is 10.4 Å². The van der Waals surface area contributed by atoms with Gasteiger partial charge >= 0.3 is 0 Å². The Morgan fingerprint density at radius 1 is 1.19 bits per heavy atom. The normalized spacial score (nSPS) is 15.2. The molecule has 1 aliphatic rings. The number of aromatic nitrogens is 2. The van der Waals surface area contributed by atoms with E-state index in [1.165, 1.54) is 0 Å². The first kappa shape index (κ1) is 19.4. The zero-order valence-electron chi connectivity index (χ0n) is 15.9. The van der Waals surface area contributed by atoms with Crippen molar-refractivity contribution in [3.05, 3.63) is 41.0 Å². The van der Waals surface area contributed by atoms with Crippen LogP contribution in [0.4, 0.5) is 5.82 Å². The molecule has 2 amide bonds. The lowest BCUT2D eigenvalue weighted by molar-refractivity contribution is -0.137. The molecule has 1 aliphatic heterocycles. The summed E-state index contributed by atoms with van der Waals surface area (Å²) >= 11 is 5.96. The Morgan fingerprint density at radius 2 is 1.81 bits per heavy atom. The molecule has 1 fully saturated rings. The number of piperidine rings is 1. The van der Waals surface area contributed by atoms with E-state index in [1.54, 1.807) is 16.8 Å². The molecule has 27 heavy (non-hydrogen) atoms. The Balaban J connectivity index is 1.67. The van der Waals surface area contributed by atoms with E-state index < -0.39 is 0 Å². The number of hydrogen-bond donors (Lipinski definition) is 1. The summed E-state index contributed by atoms with van der Waals surface area (Å²) in [5, 5.41) is 8.12. The number of rotatable bonds is 4. The topological polar surface area (TPSA) is 67.2 Å². The Morgan fingerprint density at radius 3 is 2.41 bits per heavy atom. The van der Waals surface area contributed by atoms with Gasteiger partial charge in [0.25, 0.3) is 0 Å². The maximum absolute atomic E-state index is 12.7. The number of hydrogen-bond acceptors (Lipinski definition) is 3. The quantitative estimate of drug-likeness (QED) is 0.868. The average Bonchev–Trinajstić information content (AvgIpc) is 3.01. The van der Waals surface area contributed by atoms with Gasteiger partial charge in [-0.1, -0.05) is 25.4 Å². The number of amides is 2. The molecule has 1 aromatic heterocycles. The maximum atomic E-state index is 12.7. The number of carbonyl (C=O) groups is 2. The van der Waals surface area contributed by atoms with Crippen molar-refractivity contribution in [1.29, 1.82) is 0 Å². The molecule has 1 N–H and O–H groups in total. The number of nitrogens with zero attached hydrogens (tertiary/aromatic N) is 3. The lowest BCUT2D eigenvalue weighted by atomic mass is 9.95. The second-order valence-corrected chi connectivity index (χ2v) is 7.74. The van der Waals surface area contributed by atoms with Gasteiger partial charge in [-0.05, 0) is 44.0 Å². The van der Waals surface area contributed by atoms with Crippen molar-refractivity contribution >= 4 is 29.2 Å². The van der Waals surface area contributed by atoms with Gasteiger partial charge < -0.3 is 10.2 Å². The van der Waals surface area contributed by atoms with Crippen LogP contribution in [0.25, 0.3) is 5.69 Å². The molecule has 7 heteroatoms. The van der Waals surface area contributed by atoms with Crippen LogP contribution >= 0.6 is 11.6 Å². The third kappa shape index (κ3) is 4.50. The molecule has 6 nitrogen and oxygen atoms in total. The molecule has 144 valence electrons. The highest BCUT2D eigenvalue weighted by atomic mass is 35.5. The maximum Gasteiger partial charge on any atom is 0.228 e. The Kier molecular flexibility index (Phi) is 5.85. The second kappa shape index (κ2) is 8.13. The number of halogens is 1. The fourth-order valence-corrected chi connectivity index (χ4v) is 3.45. The Bertz CT molecular complexity index is 821. The van der Waals surface area contributed by atoms with Gasteiger partial charge in [0.2, 0.25) is 11.8 Å². The highest BCUT2D eigenvalue weighted by Crippen LogP contribution is 2.23. The third-order valence-electron chi connectivity index (χ3n) is 4.83. The van der Waals surface area contributed by atoms with Gasteiger partial charge in [-0.15, -0.1) is 0 Å².